The van der Waals surface area contributed by atoms with Crippen LogP contribution in [0, 0.1) is 0 Å². The topological polar surface area (TPSA) is 47.6 Å². The summed E-state index contributed by atoms with van der Waals surface area (Å²) in [5.74, 6) is 0.997. The van der Waals surface area contributed by atoms with Crippen molar-refractivity contribution in [2.45, 2.75) is 6.61 Å². The standard InChI is InChI=1S/C21H17Cl2NO3/c1-26-20-10-9-14(21(25)24-19-8-3-2-7-18(19)23)11-15(20)13-27-17-6-4-5-16(22)12-17/h2-12H,13H2,1H3,(H,24,25). The Balaban J connectivity index is 1.78. The fraction of sp³-hybridized carbons (Fsp3) is 0.0952. The van der Waals surface area contributed by atoms with E-state index in [1.54, 1.807) is 61.7 Å². The average Bonchev–Trinajstić information content (AvgIpc) is 2.68. The molecule has 0 aromatic heterocycles. The molecule has 0 saturated heterocycles. The van der Waals surface area contributed by atoms with Gasteiger partial charge in [0.1, 0.15) is 18.1 Å². The first-order valence-electron chi connectivity index (χ1n) is 8.18. The number of amides is 1. The number of rotatable bonds is 6. The van der Waals surface area contributed by atoms with E-state index in [2.05, 4.69) is 5.32 Å². The lowest BCUT2D eigenvalue weighted by molar-refractivity contribution is 0.102. The number of nitrogens with one attached hydrogen (secondary N) is 1. The molecule has 0 spiro atoms. The van der Waals surface area contributed by atoms with Gasteiger partial charge in [-0.1, -0.05) is 41.4 Å². The summed E-state index contributed by atoms with van der Waals surface area (Å²) in [4.78, 5) is 12.6. The number of ether oxygens (including phenoxy) is 2. The molecule has 27 heavy (non-hydrogen) atoms. The predicted octanol–water partition coefficient (Wildman–Crippen LogP) is 5.83. The Bertz CT molecular complexity index is 960. The van der Waals surface area contributed by atoms with E-state index in [9.17, 15) is 4.79 Å². The molecule has 0 aliphatic rings. The van der Waals surface area contributed by atoms with Gasteiger partial charge < -0.3 is 14.8 Å². The molecule has 0 saturated carbocycles. The third-order valence-corrected chi connectivity index (χ3v) is 4.42. The van der Waals surface area contributed by atoms with Crippen LogP contribution in [0.4, 0.5) is 5.69 Å². The van der Waals surface area contributed by atoms with E-state index in [0.29, 0.717) is 32.8 Å². The molecule has 3 rings (SSSR count). The normalized spacial score (nSPS) is 10.3. The van der Waals surface area contributed by atoms with Crippen LogP contribution in [0.2, 0.25) is 10.0 Å². The molecule has 0 atom stereocenters. The zero-order chi connectivity index (χ0) is 19.2. The van der Waals surface area contributed by atoms with E-state index in [1.165, 1.54) is 0 Å². The smallest absolute Gasteiger partial charge is 0.255 e. The van der Waals surface area contributed by atoms with Crippen molar-refractivity contribution in [1.29, 1.82) is 0 Å². The van der Waals surface area contributed by atoms with E-state index < -0.39 is 0 Å². The first-order chi connectivity index (χ1) is 13.1. The maximum Gasteiger partial charge on any atom is 0.255 e. The number of carbonyl (C=O) groups is 1. The molecule has 4 nitrogen and oxygen atoms in total. The number of carbonyl (C=O) groups excluding carboxylic acids is 1. The maximum absolute atomic E-state index is 12.6. The highest BCUT2D eigenvalue weighted by Gasteiger charge is 2.12. The highest BCUT2D eigenvalue weighted by Crippen LogP contribution is 2.25. The molecule has 1 N–H and O–H groups in total. The van der Waals surface area contributed by atoms with Gasteiger partial charge in [-0.15, -0.1) is 0 Å². The molecule has 0 radical (unpaired) electrons. The fourth-order valence-electron chi connectivity index (χ4n) is 2.51. The molecule has 1 amide bonds. The zero-order valence-electron chi connectivity index (χ0n) is 14.5. The lowest BCUT2D eigenvalue weighted by atomic mass is 10.1. The minimum atomic E-state index is -0.269. The number of hydrogen-bond donors (Lipinski definition) is 1. The van der Waals surface area contributed by atoms with E-state index in [-0.39, 0.29) is 12.5 Å². The van der Waals surface area contributed by atoms with E-state index in [1.807, 2.05) is 12.1 Å². The van der Waals surface area contributed by atoms with Gasteiger partial charge in [-0.05, 0) is 48.5 Å². The summed E-state index contributed by atoms with van der Waals surface area (Å²) in [6.45, 7) is 0.233. The average molecular weight is 402 g/mol. The van der Waals surface area contributed by atoms with Gasteiger partial charge in [0.25, 0.3) is 5.91 Å². The van der Waals surface area contributed by atoms with Gasteiger partial charge in [-0.3, -0.25) is 4.79 Å². The van der Waals surface area contributed by atoms with E-state index >= 15 is 0 Å². The van der Waals surface area contributed by atoms with Gasteiger partial charge in [0.2, 0.25) is 0 Å². The lowest BCUT2D eigenvalue weighted by Crippen LogP contribution is -2.13. The van der Waals surface area contributed by atoms with Gasteiger partial charge >= 0.3 is 0 Å². The number of hydrogen-bond acceptors (Lipinski definition) is 3. The van der Waals surface area contributed by atoms with Gasteiger partial charge in [0.05, 0.1) is 17.8 Å². The molecule has 0 heterocycles. The van der Waals surface area contributed by atoms with Crippen molar-refractivity contribution in [1.82, 2.24) is 0 Å². The van der Waals surface area contributed by atoms with Crippen molar-refractivity contribution >= 4 is 34.8 Å². The fourth-order valence-corrected chi connectivity index (χ4v) is 2.87. The number of halogens is 2. The molecule has 0 aliphatic heterocycles. The minimum Gasteiger partial charge on any atom is -0.496 e. The SMILES string of the molecule is COc1ccc(C(=O)Nc2ccccc2Cl)cc1COc1cccc(Cl)c1. The van der Waals surface area contributed by atoms with Gasteiger partial charge in [0.15, 0.2) is 0 Å². The lowest BCUT2D eigenvalue weighted by Gasteiger charge is -2.13. The number of benzene rings is 3. The van der Waals surface area contributed by atoms with Crippen LogP contribution >= 0.6 is 23.2 Å². The van der Waals surface area contributed by atoms with Crippen molar-refractivity contribution in [2.75, 3.05) is 12.4 Å². The second-order valence-corrected chi connectivity index (χ2v) is 6.55. The van der Waals surface area contributed by atoms with Crippen LogP contribution in [-0.2, 0) is 6.61 Å². The van der Waals surface area contributed by atoms with Crippen LogP contribution in [-0.4, -0.2) is 13.0 Å². The third-order valence-electron chi connectivity index (χ3n) is 3.86. The van der Waals surface area contributed by atoms with E-state index in [0.717, 1.165) is 5.56 Å². The molecule has 138 valence electrons. The van der Waals surface area contributed by atoms with Crippen molar-refractivity contribution in [2.24, 2.45) is 0 Å². The first kappa shape index (κ1) is 19.1. The van der Waals surface area contributed by atoms with Crippen LogP contribution in [0.3, 0.4) is 0 Å². The van der Waals surface area contributed by atoms with E-state index in [4.69, 9.17) is 32.7 Å². The van der Waals surface area contributed by atoms with Gasteiger partial charge in [-0.25, -0.2) is 0 Å². The summed E-state index contributed by atoms with van der Waals surface area (Å²) in [7, 11) is 1.57. The summed E-state index contributed by atoms with van der Waals surface area (Å²) in [6.07, 6.45) is 0. The Morgan fingerprint density at radius 1 is 1.00 bits per heavy atom. The summed E-state index contributed by atoms with van der Waals surface area (Å²) in [5, 5.41) is 3.87. The van der Waals surface area contributed by atoms with Crippen molar-refractivity contribution in [3.05, 3.63) is 87.9 Å². The van der Waals surface area contributed by atoms with Gasteiger partial charge in [0, 0.05) is 16.1 Å². The van der Waals surface area contributed by atoms with Crippen LogP contribution in [0.25, 0.3) is 0 Å². The third kappa shape index (κ3) is 4.94. The molecule has 3 aromatic carbocycles. The monoisotopic (exact) mass is 401 g/mol. The second-order valence-electron chi connectivity index (χ2n) is 5.71. The Kier molecular flexibility index (Phi) is 6.22. The van der Waals surface area contributed by atoms with Crippen LogP contribution in [0.5, 0.6) is 11.5 Å². The Morgan fingerprint density at radius 2 is 1.81 bits per heavy atom. The molecule has 3 aromatic rings. The van der Waals surface area contributed by atoms with Crippen molar-refractivity contribution in [3.63, 3.8) is 0 Å². The first-order valence-corrected chi connectivity index (χ1v) is 8.93. The highest BCUT2D eigenvalue weighted by molar-refractivity contribution is 6.33. The largest absolute Gasteiger partial charge is 0.496 e. The Morgan fingerprint density at radius 3 is 2.56 bits per heavy atom. The molecule has 0 aliphatic carbocycles. The highest BCUT2D eigenvalue weighted by atomic mass is 35.5. The molecule has 0 bridgehead atoms. The van der Waals surface area contributed by atoms with Gasteiger partial charge in [-0.2, -0.15) is 0 Å². The van der Waals surface area contributed by atoms with Crippen LogP contribution in [0.1, 0.15) is 15.9 Å². The van der Waals surface area contributed by atoms with Crippen LogP contribution < -0.4 is 14.8 Å². The molecular formula is C21H17Cl2NO3. The molecule has 0 unspecified atom stereocenters. The Hall–Kier alpha value is -2.69. The molecule has 0 fully saturated rings. The maximum atomic E-state index is 12.6. The quantitative estimate of drug-likeness (QED) is 0.564. The summed E-state index contributed by atoms with van der Waals surface area (Å²) >= 11 is 12.1. The number of methoxy groups -OCH3 is 1. The summed E-state index contributed by atoms with van der Waals surface area (Å²) < 4.78 is 11.1. The zero-order valence-corrected chi connectivity index (χ0v) is 16.1. The Labute approximate surface area is 167 Å². The number of anilines is 1. The second kappa shape index (κ2) is 8.80. The predicted molar refractivity (Wildman–Crippen MR) is 108 cm³/mol. The van der Waals surface area contributed by atoms with Crippen molar-refractivity contribution < 1.29 is 14.3 Å². The molecular weight excluding hydrogens is 385 g/mol. The van der Waals surface area contributed by atoms with Crippen molar-refractivity contribution in [3.8, 4) is 11.5 Å². The number of para-hydroxylation sites is 1. The minimum absolute atomic E-state index is 0.233. The van der Waals surface area contributed by atoms with Crippen LogP contribution in [0.15, 0.2) is 66.7 Å². The summed E-state index contributed by atoms with van der Waals surface area (Å²) in [5.41, 5.74) is 1.77. The summed E-state index contributed by atoms with van der Waals surface area (Å²) in [6, 6.07) is 19.3. The molecule has 6 heteroatoms.